The molecule has 1 N–H and O–H groups in total. The highest BCUT2D eigenvalue weighted by molar-refractivity contribution is 6.21. The minimum atomic E-state index is -0.427. The summed E-state index contributed by atoms with van der Waals surface area (Å²) in [5, 5.41) is 3.11. The van der Waals surface area contributed by atoms with Gasteiger partial charge in [0.25, 0.3) is 11.8 Å². The number of aryl methyl sites for hydroxylation is 2. The van der Waals surface area contributed by atoms with Gasteiger partial charge in [-0.3, -0.25) is 19.3 Å². The monoisotopic (exact) mass is 466 g/mol. The van der Waals surface area contributed by atoms with Crippen molar-refractivity contribution in [2.45, 2.75) is 25.8 Å². The van der Waals surface area contributed by atoms with E-state index >= 15 is 0 Å². The molecule has 0 radical (unpaired) electrons. The van der Waals surface area contributed by atoms with Crippen molar-refractivity contribution in [3.05, 3.63) is 101 Å². The Morgan fingerprint density at radius 1 is 0.943 bits per heavy atom. The van der Waals surface area contributed by atoms with Gasteiger partial charge >= 0.3 is 0 Å². The highest BCUT2D eigenvalue weighted by Crippen LogP contribution is 2.26. The van der Waals surface area contributed by atoms with E-state index < -0.39 is 6.04 Å². The van der Waals surface area contributed by atoms with Crippen molar-refractivity contribution in [1.29, 1.82) is 0 Å². The number of amides is 3. The lowest BCUT2D eigenvalue weighted by Crippen LogP contribution is -2.33. The lowest BCUT2D eigenvalue weighted by molar-refractivity contribution is -0.121. The molecule has 3 aromatic carbocycles. The number of para-hydroxylation sites is 2. The Balaban J connectivity index is 1.29. The lowest BCUT2D eigenvalue weighted by atomic mass is 10.1. The van der Waals surface area contributed by atoms with Crippen molar-refractivity contribution in [2.24, 2.45) is 7.05 Å². The zero-order valence-corrected chi connectivity index (χ0v) is 19.7. The predicted molar refractivity (Wildman–Crippen MR) is 133 cm³/mol. The summed E-state index contributed by atoms with van der Waals surface area (Å²) >= 11 is 0. The van der Waals surface area contributed by atoms with Crippen LogP contribution < -0.4 is 5.32 Å². The number of carbonyl (C=O) groups excluding carboxylic acids is 3. The normalized spacial score (nSPS) is 13.8. The van der Waals surface area contributed by atoms with Crippen molar-refractivity contribution in [1.82, 2.24) is 19.8 Å². The largest absolute Gasteiger partial charge is 0.342 e. The summed E-state index contributed by atoms with van der Waals surface area (Å²) in [4.78, 5) is 44.4. The Morgan fingerprint density at radius 3 is 2.43 bits per heavy atom. The first kappa shape index (κ1) is 22.5. The second kappa shape index (κ2) is 9.18. The van der Waals surface area contributed by atoms with Crippen LogP contribution in [0.15, 0.2) is 72.8 Å². The van der Waals surface area contributed by atoms with E-state index in [4.69, 9.17) is 4.98 Å². The Hall–Kier alpha value is -4.26. The van der Waals surface area contributed by atoms with E-state index in [0.29, 0.717) is 17.5 Å². The Labute approximate surface area is 203 Å². The topological polar surface area (TPSA) is 84.3 Å². The Morgan fingerprint density at radius 2 is 1.66 bits per heavy atom. The fraction of sp³-hybridized carbons (Fsp3) is 0.214. The van der Waals surface area contributed by atoms with Crippen LogP contribution in [0.3, 0.4) is 0 Å². The van der Waals surface area contributed by atoms with Gasteiger partial charge in [0.15, 0.2) is 0 Å². The van der Waals surface area contributed by atoms with Crippen LogP contribution in [-0.4, -0.2) is 38.7 Å². The number of fused-ring (bicyclic) bond motifs is 2. The number of imide groups is 1. The third-order valence-corrected chi connectivity index (χ3v) is 6.43. The third-order valence-electron chi connectivity index (χ3n) is 6.43. The van der Waals surface area contributed by atoms with Crippen LogP contribution in [0.5, 0.6) is 0 Å². The summed E-state index contributed by atoms with van der Waals surface area (Å²) in [6, 6.07) is 22.4. The molecular weight excluding hydrogens is 440 g/mol. The molecule has 0 aliphatic carbocycles. The number of nitrogens with one attached hydrogen (secondary N) is 1. The molecule has 3 amide bonds. The molecule has 0 spiro atoms. The lowest BCUT2D eigenvalue weighted by Gasteiger charge is -2.20. The maximum absolute atomic E-state index is 13.0. The first-order chi connectivity index (χ1) is 16.9. The molecule has 35 heavy (non-hydrogen) atoms. The van der Waals surface area contributed by atoms with E-state index in [2.05, 4.69) is 5.32 Å². The Bertz CT molecular complexity index is 1440. The summed E-state index contributed by atoms with van der Waals surface area (Å²) in [5.41, 5.74) is 4.57. The van der Waals surface area contributed by atoms with Crippen LogP contribution in [0.2, 0.25) is 0 Å². The maximum Gasteiger partial charge on any atom is 0.261 e. The van der Waals surface area contributed by atoms with Crippen LogP contribution in [-0.2, 0) is 11.8 Å². The van der Waals surface area contributed by atoms with Gasteiger partial charge in [-0.1, -0.05) is 54.1 Å². The first-order valence-electron chi connectivity index (χ1n) is 11.7. The standard InChI is InChI=1S/C28H26N4O3/c1-18-14-15-20-21(17-18)28(35)32(27(20)34)16-8-13-24(33)30-25(19-9-4-3-5-10-19)26-29-22-11-6-7-12-23(22)31(26)2/h3-7,9-12,14-15,17,25H,8,13,16H2,1-2H3,(H,30,33). The average Bonchev–Trinajstić information content (AvgIpc) is 3.32. The van der Waals surface area contributed by atoms with E-state index in [1.165, 1.54) is 4.90 Å². The van der Waals surface area contributed by atoms with E-state index in [9.17, 15) is 14.4 Å². The van der Waals surface area contributed by atoms with Crippen LogP contribution in [0.25, 0.3) is 11.0 Å². The number of hydrogen-bond donors (Lipinski definition) is 1. The number of aromatic nitrogens is 2. The van der Waals surface area contributed by atoms with Gasteiger partial charge < -0.3 is 9.88 Å². The molecule has 7 nitrogen and oxygen atoms in total. The number of nitrogens with zero attached hydrogens (tertiary/aromatic N) is 3. The molecule has 1 unspecified atom stereocenters. The van der Waals surface area contributed by atoms with Gasteiger partial charge in [-0.05, 0) is 43.2 Å². The van der Waals surface area contributed by atoms with Crippen molar-refractivity contribution in [3.63, 3.8) is 0 Å². The fourth-order valence-electron chi connectivity index (χ4n) is 4.60. The number of rotatable bonds is 7. The minimum absolute atomic E-state index is 0.168. The molecule has 1 aliphatic heterocycles. The molecule has 1 aliphatic rings. The summed E-state index contributed by atoms with van der Waals surface area (Å²) < 4.78 is 1.99. The molecule has 1 aromatic heterocycles. The van der Waals surface area contributed by atoms with E-state index in [1.54, 1.807) is 12.1 Å². The molecule has 4 aromatic rings. The van der Waals surface area contributed by atoms with Gasteiger partial charge in [-0.25, -0.2) is 4.98 Å². The molecule has 7 heteroatoms. The van der Waals surface area contributed by atoms with Gasteiger partial charge in [0.05, 0.1) is 22.2 Å². The van der Waals surface area contributed by atoms with Gasteiger partial charge in [-0.2, -0.15) is 0 Å². The van der Waals surface area contributed by atoms with Crippen molar-refractivity contribution >= 4 is 28.8 Å². The van der Waals surface area contributed by atoms with Crippen molar-refractivity contribution < 1.29 is 14.4 Å². The second-order valence-electron chi connectivity index (χ2n) is 8.84. The summed E-state index contributed by atoms with van der Waals surface area (Å²) in [6.45, 7) is 2.08. The van der Waals surface area contributed by atoms with Crippen molar-refractivity contribution in [2.75, 3.05) is 6.54 Å². The first-order valence-corrected chi connectivity index (χ1v) is 11.7. The molecule has 0 saturated carbocycles. The predicted octanol–water partition coefficient (Wildman–Crippen LogP) is 4.16. The van der Waals surface area contributed by atoms with Crippen LogP contribution >= 0.6 is 0 Å². The third kappa shape index (κ3) is 4.21. The van der Waals surface area contributed by atoms with E-state index in [1.807, 2.05) is 79.2 Å². The summed E-state index contributed by atoms with van der Waals surface area (Å²) in [6.07, 6.45) is 0.556. The smallest absolute Gasteiger partial charge is 0.261 e. The molecular formula is C28H26N4O3. The fourth-order valence-corrected chi connectivity index (χ4v) is 4.60. The highest BCUT2D eigenvalue weighted by atomic mass is 16.2. The summed E-state index contributed by atoms with van der Waals surface area (Å²) in [7, 11) is 1.94. The van der Waals surface area contributed by atoms with E-state index in [0.717, 1.165) is 28.0 Å². The number of benzene rings is 3. The quantitative estimate of drug-likeness (QED) is 0.415. The van der Waals surface area contributed by atoms with Crippen LogP contribution in [0.1, 0.15) is 56.6 Å². The Kier molecular flexibility index (Phi) is 5.91. The highest BCUT2D eigenvalue weighted by Gasteiger charge is 2.35. The van der Waals surface area contributed by atoms with Crippen LogP contribution in [0, 0.1) is 6.92 Å². The van der Waals surface area contributed by atoms with Gasteiger partial charge in [0, 0.05) is 20.0 Å². The van der Waals surface area contributed by atoms with Gasteiger partial charge in [0.2, 0.25) is 5.91 Å². The van der Waals surface area contributed by atoms with Gasteiger partial charge in [0.1, 0.15) is 11.9 Å². The molecule has 5 rings (SSSR count). The zero-order valence-electron chi connectivity index (χ0n) is 19.7. The minimum Gasteiger partial charge on any atom is -0.342 e. The average molecular weight is 467 g/mol. The molecule has 2 heterocycles. The number of carbonyl (C=O) groups is 3. The van der Waals surface area contributed by atoms with Crippen LogP contribution in [0.4, 0.5) is 0 Å². The molecule has 176 valence electrons. The number of hydrogen-bond acceptors (Lipinski definition) is 4. The van der Waals surface area contributed by atoms with Gasteiger partial charge in [-0.15, -0.1) is 0 Å². The molecule has 0 bridgehead atoms. The molecule has 0 fully saturated rings. The zero-order chi connectivity index (χ0) is 24.5. The maximum atomic E-state index is 13.0. The van der Waals surface area contributed by atoms with Crippen molar-refractivity contribution in [3.8, 4) is 0 Å². The van der Waals surface area contributed by atoms with E-state index in [-0.39, 0.29) is 30.7 Å². The molecule has 0 saturated heterocycles. The SMILES string of the molecule is Cc1ccc2c(c1)C(=O)N(CCCC(=O)NC(c1ccccc1)c1nc3ccccc3n1C)C2=O. The molecule has 1 atom stereocenters. The number of imidazole rings is 1. The summed E-state index contributed by atoms with van der Waals surface area (Å²) in [5.74, 6) is -0.0249. The second-order valence-corrected chi connectivity index (χ2v) is 8.84.